The Morgan fingerprint density at radius 3 is 2.95 bits per heavy atom. The highest BCUT2D eigenvalue weighted by molar-refractivity contribution is 5.48. The van der Waals surface area contributed by atoms with E-state index in [1.807, 2.05) is 6.92 Å². The maximum absolute atomic E-state index is 10.9. The van der Waals surface area contributed by atoms with Crippen LogP contribution < -0.4 is 4.74 Å². The van der Waals surface area contributed by atoms with Crippen molar-refractivity contribution in [2.24, 2.45) is 0 Å². The van der Waals surface area contributed by atoms with Crippen molar-refractivity contribution in [1.29, 1.82) is 0 Å². The summed E-state index contributed by atoms with van der Waals surface area (Å²) in [5.41, 5.74) is 0.341. The number of nitro benzene ring substituents is 1. The summed E-state index contributed by atoms with van der Waals surface area (Å²) in [7, 11) is 0. The molecule has 0 saturated carbocycles. The predicted molar refractivity (Wildman–Crippen MR) is 71.6 cm³/mol. The Morgan fingerprint density at radius 1 is 1.48 bits per heavy atom. The molecular formula is C13H15N3O5. The van der Waals surface area contributed by atoms with Crippen LogP contribution >= 0.6 is 0 Å². The maximum atomic E-state index is 10.9. The van der Waals surface area contributed by atoms with E-state index in [1.54, 1.807) is 0 Å². The molecule has 0 radical (unpaired) electrons. The second-order valence-corrected chi connectivity index (χ2v) is 4.36. The van der Waals surface area contributed by atoms with E-state index in [4.69, 9.17) is 14.4 Å². The molecule has 1 N–H and O–H groups in total. The lowest BCUT2D eigenvalue weighted by molar-refractivity contribution is -0.386. The van der Waals surface area contributed by atoms with Crippen molar-refractivity contribution in [1.82, 2.24) is 10.1 Å². The molecule has 0 atom stereocenters. The zero-order valence-electron chi connectivity index (χ0n) is 11.5. The highest BCUT2D eigenvalue weighted by Gasteiger charge is 2.17. The molecule has 0 aliphatic rings. The summed E-state index contributed by atoms with van der Waals surface area (Å²) in [5, 5.41) is 23.8. The first-order valence-electron chi connectivity index (χ1n) is 6.46. The number of aliphatic hydroxyl groups is 1. The van der Waals surface area contributed by atoms with Gasteiger partial charge in [-0.15, -0.1) is 0 Å². The molecular weight excluding hydrogens is 278 g/mol. The molecule has 1 heterocycles. The lowest BCUT2D eigenvalue weighted by atomic mass is 10.2. The lowest BCUT2D eigenvalue weighted by Crippen LogP contribution is -2.00. The second-order valence-electron chi connectivity index (χ2n) is 4.36. The Balaban J connectivity index is 2.12. The molecule has 0 unspecified atom stereocenters. The minimum absolute atomic E-state index is 0.0572. The van der Waals surface area contributed by atoms with Crippen molar-refractivity contribution in [2.75, 3.05) is 0 Å². The molecule has 0 aliphatic carbocycles. The van der Waals surface area contributed by atoms with Crippen LogP contribution in [0.15, 0.2) is 22.7 Å². The number of aromatic nitrogens is 2. The van der Waals surface area contributed by atoms with Crippen LogP contribution in [0.25, 0.3) is 0 Å². The molecule has 8 heteroatoms. The standard InChI is InChI=1S/C13H15N3O5/c1-2-3-12-14-13(21-15-12)8-20-11-6-9(7-17)4-5-10(11)16(18)19/h4-6,17H,2-3,7-8H2,1H3. The Kier molecular flexibility index (Phi) is 4.83. The van der Waals surface area contributed by atoms with E-state index in [1.165, 1.54) is 18.2 Å². The van der Waals surface area contributed by atoms with Crippen LogP contribution in [0.1, 0.15) is 30.6 Å². The largest absolute Gasteiger partial charge is 0.477 e. The Morgan fingerprint density at radius 2 is 2.29 bits per heavy atom. The number of nitrogens with zero attached hydrogens (tertiary/aromatic N) is 3. The summed E-state index contributed by atoms with van der Waals surface area (Å²) in [5.74, 6) is 0.888. The molecule has 0 spiro atoms. The van der Waals surface area contributed by atoms with Gasteiger partial charge in [0.25, 0.3) is 5.89 Å². The number of ether oxygens (including phenoxy) is 1. The average Bonchev–Trinajstić information content (AvgIpc) is 2.92. The molecule has 8 nitrogen and oxygen atoms in total. The summed E-state index contributed by atoms with van der Waals surface area (Å²) in [6, 6.07) is 4.18. The third-order valence-electron chi connectivity index (χ3n) is 2.74. The molecule has 0 amide bonds. The zero-order chi connectivity index (χ0) is 15.2. The topological polar surface area (TPSA) is 112 Å². The fourth-order valence-corrected chi connectivity index (χ4v) is 1.74. The molecule has 112 valence electrons. The van der Waals surface area contributed by atoms with Crippen molar-refractivity contribution in [3.63, 3.8) is 0 Å². The van der Waals surface area contributed by atoms with E-state index < -0.39 is 4.92 Å². The first kappa shape index (κ1) is 14.9. The summed E-state index contributed by atoms with van der Waals surface area (Å²) in [6.45, 7) is 1.71. The van der Waals surface area contributed by atoms with E-state index in [9.17, 15) is 10.1 Å². The van der Waals surface area contributed by atoms with Gasteiger partial charge in [-0.05, 0) is 24.1 Å². The third kappa shape index (κ3) is 3.76. The van der Waals surface area contributed by atoms with Crippen molar-refractivity contribution < 1.29 is 19.3 Å². The van der Waals surface area contributed by atoms with Crippen LogP contribution in [0.2, 0.25) is 0 Å². The number of rotatable bonds is 7. The molecule has 1 aromatic heterocycles. The first-order valence-corrected chi connectivity index (χ1v) is 6.46. The van der Waals surface area contributed by atoms with Crippen molar-refractivity contribution in [3.05, 3.63) is 45.6 Å². The average molecular weight is 293 g/mol. The van der Waals surface area contributed by atoms with Gasteiger partial charge in [0.2, 0.25) is 0 Å². The van der Waals surface area contributed by atoms with Gasteiger partial charge in [-0.25, -0.2) is 0 Å². The van der Waals surface area contributed by atoms with Crippen molar-refractivity contribution in [3.8, 4) is 5.75 Å². The fraction of sp³-hybridized carbons (Fsp3) is 0.385. The molecule has 21 heavy (non-hydrogen) atoms. The zero-order valence-corrected chi connectivity index (χ0v) is 11.5. The minimum atomic E-state index is -0.549. The van der Waals surface area contributed by atoms with Gasteiger partial charge < -0.3 is 14.4 Å². The summed E-state index contributed by atoms with van der Waals surface area (Å²) in [4.78, 5) is 14.5. The van der Waals surface area contributed by atoms with Gasteiger partial charge in [-0.3, -0.25) is 10.1 Å². The summed E-state index contributed by atoms with van der Waals surface area (Å²) < 4.78 is 10.4. The molecule has 0 bridgehead atoms. The monoisotopic (exact) mass is 293 g/mol. The molecule has 0 saturated heterocycles. The normalized spacial score (nSPS) is 10.6. The van der Waals surface area contributed by atoms with Crippen LogP contribution in [0.5, 0.6) is 5.75 Å². The molecule has 1 aromatic carbocycles. The molecule has 0 aliphatic heterocycles. The van der Waals surface area contributed by atoms with Crippen LogP contribution in [0.4, 0.5) is 5.69 Å². The van der Waals surface area contributed by atoms with E-state index in [2.05, 4.69) is 10.1 Å². The Hall–Kier alpha value is -2.48. The van der Waals surface area contributed by atoms with Crippen molar-refractivity contribution >= 4 is 5.69 Å². The molecule has 2 rings (SSSR count). The van der Waals surface area contributed by atoms with Gasteiger partial charge in [0.15, 0.2) is 18.2 Å². The Bertz CT molecular complexity index is 626. The van der Waals surface area contributed by atoms with Crippen molar-refractivity contribution in [2.45, 2.75) is 33.0 Å². The van der Waals surface area contributed by atoms with E-state index in [0.717, 1.165) is 6.42 Å². The predicted octanol–water partition coefficient (Wildman–Crippen LogP) is 2.00. The van der Waals surface area contributed by atoms with Gasteiger partial charge in [0, 0.05) is 12.5 Å². The van der Waals surface area contributed by atoms with Crippen LogP contribution in [0, 0.1) is 10.1 Å². The van der Waals surface area contributed by atoms with Gasteiger partial charge >= 0.3 is 5.69 Å². The number of aliphatic hydroxyl groups excluding tert-OH is 1. The quantitative estimate of drug-likeness (QED) is 0.613. The van der Waals surface area contributed by atoms with E-state index in [0.29, 0.717) is 17.8 Å². The van der Waals surface area contributed by atoms with Gasteiger partial charge in [-0.2, -0.15) is 4.98 Å². The Labute approximate surface area is 120 Å². The summed E-state index contributed by atoms with van der Waals surface area (Å²) >= 11 is 0. The SMILES string of the molecule is CCCc1noc(COc2cc(CO)ccc2[N+](=O)[O-])n1. The lowest BCUT2D eigenvalue weighted by Gasteiger charge is -2.05. The van der Waals surface area contributed by atoms with Crippen LogP contribution in [0.3, 0.4) is 0 Å². The highest BCUT2D eigenvalue weighted by atomic mass is 16.6. The number of aryl methyl sites for hydroxylation is 1. The number of nitro groups is 1. The minimum Gasteiger partial charge on any atom is -0.477 e. The molecule has 2 aromatic rings. The molecule has 0 fully saturated rings. The van der Waals surface area contributed by atoms with E-state index >= 15 is 0 Å². The maximum Gasteiger partial charge on any atom is 0.310 e. The van der Waals surface area contributed by atoms with Gasteiger partial charge in [0.1, 0.15) is 0 Å². The van der Waals surface area contributed by atoms with Crippen LogP contribution in [-0.2, 0) is 19.6 Å². The first-order chi connectivity index (χ1) is 10.1. The number of benzene rings is 1. The van der Waals surface area contributed by atoms with Gasteiger partial charge in [-0.1, -0.05) is 12.1 Å². The van der Waals surface area contributed by atoms with Gasteiger partial charge in [0.05, 0.1) is 11.5 Å². The van der Waals surface area contributed by atoms with E-state index in [-0.39, 0.29) is 30.5 Å². The number of hydrogen-bond donors (Lipinski definition) is 1. The summed E-state index contributed by atoms with van der Waals surface area (Å²) in [6.07, 6.45) is 1.59. The fourth-order valence-electron chi connectivity index (χ4n) is 1.74. The number of hydrogen-bond acceptors (Lipinski definition) is 7. The second kappa shape index (κ2) is 6.80. The van der Waals surface area contributed by atoms with Crippen LogP contribution in [-0.4, -0.2) is 20.2 Å². The third-order valence-corrected chi connectivity index (χ3v) is 2.74. The smallest absolute Gasteiger partial charge is 0.310 e. The highest BCUT2D eigenvalue weighted by Crippen LogP contribution is 2.28.